The largest absolute Gasteiger partial charge is 0.471 e. The summed E-state index contributed by atoms with van der Waals surface area (Å²) in [7, 11) is 0. The van der Waals surface area contributed by atoms with Crippen molar-refractivity contribution in [2.24, 2.45) is 5.41 Å². The Labute approximate surface area is 172 Å². The molecule has 1 fully saturated rings. The molecule has 3 amide bonds. The highest BCUT2D eigenvalue weighted by molar-refractivity contribution is 5.93. The first-order chi connectivity index (χ1) is 13.8. The average Bonchev–Trinajstić information content (AvgIpc) is 2.64. The molecule has 0 aromatic carbocycles. The quantitative estimate of drug-likeness (QED) is 0.765. The number of halogens is 3. The van der Waals surface area contributed by atoms with Crippen molar-refractivity contribution in [2.45, 2.75) is 51.9 Å². The lowest BCUT2D eigenvalue weighted by Crippen LogP contribution is -2.59. The fourth-order valence-electron chi connectivity index (χ4n) is 3.58. The number of likely N-dealkylation sites (tertiary alicyclic amines) is 1. The number of carbonyl (C=O) groups excluding carboxylic acids is 2. The summed E-state index contributed by atoms with van der Waals surface area (Å²) < 4.78 is 39.0. The molecule has 0 saturated carbocycles. The number of carbonyl (C=O) groups is 3. The molecule has 1 saturated heterocycles. The number of nitrogens with one attached hydrogen (secondary N) is 1. The van der Waals surface area contributed by atoms with Crippen LogP contribution in [0.1, 0.15) is 33.6 Å². The molecular weight excluding hydrogens is 405 g/mol. The SMILES string of the molecule is CC(C)(C)C1CC(N(CC(=O)Nc2ccccn2)C(=O)O)CCN1C(=O)C(F)(F)F. The van der Waals surface area contributed by atoms with Gasteiger partial charge in [-0.05, 0) is 30.4 Å². The lowest BCUT2D eigenvalue weighted by atomic mass is 9.78. The van der Waals surface area contributed by atoms with Crippen molar-refractivity contribution in [1.29, 1.82) is 0 Å². The number of carboxylic acid groups (broad SMARTS) is 1. The lowest BCUT2D eigenvalue weighted by Gasteiger charge is -2.47. The topological polar surface area (TPSA) is 103 Å². The average molecular weight is 430 g/mol. The van der Waals surface area contributed by atoms with Crippen molar-refractivity contribution in [1.82, 2.24) is 14.8 Å². The Balaban J connectivity index is 2.16. The molecule has 2 unspecified atom stereocenters. The Kier molecular flexibility index (Phi) is 6.94. The summed E-state index contributed by atoms with van der Waals surface area (Å²) in [5.41, 5.74) is -0.722. The molecule has 0 radical (unpaired) electrons. The van der Waals surface area contributed by atoms with Gasteiger partial charge in [0.25, 0.3) is 0 Å². The molecule has 1 aromatic heterocycles. The molecular formula is C19H25F3N4O4. The molecule has 166 valence electrons. The van der Waals surface area contributed by atoms with Gasteiger partial charge in [-0.15, -0.1) is 0 Å². The van der Waals surface area contributed by atoms with Gasteiger partial charge < -0.3 is 15.3 Å². The van der Waals surface area contributed by atoms with E-state index in [2.05, 4.69) is 10.3 Å². The van der Waals surface area contributed by atoms with E-state index in [4.69, 9.17) is 0 Å². The predicted molar refractivity (Wildman–Crippen MR) is 102 cm³/mol. The summed E-state index contributed by atoms with van der Waals surface area (Å²) in [4.78, 5) is 41.5. The van der Waals surface area contributed by atoms with E-state index in [-0.39, 0.29) is 25.2 Å². The smallest absolute Gasteiger partial charge is 0.465 e. The van der Waals surface area contributed by atoms with Gasteiger partial charge in [-0.3, -0.25) is 14.5 Å². The highest BCUT2D eigenvalue weighted by Gasteiger charge is 2.49. The lowest BCUT2D eigenvalue weighted by molar-refractivity contribution is -0.192. The standard InChI is InChI=1S/C19H25F3N4O4/c1-18(2,3)13-10-12(7-9-25(13)16(28)19(20,21)22)26(17(29)30)11-15(27)24-14-6-4-5-8-23-14/h4-6,8,12-13H,7,9-11H2,1-3H3,(H,29,30)(H,23,24,27). The number of hydrogen-bond donors (Lipinski definition) is 2. The molecule has 2 rings (SSSR count). The fraction of sp³-hybridized carbons (Fsp3) is 0.579. The predicted octanol–water partition coefficient (Wildman–Crippen LogP) is 2.97. The molecule has 11 heteroatoms. The van der Waals surface area contributed by atoms with Gasteiger partial charge in [-0.1, -0.05) is 26.8 Å². The molecule has 1 aromatic rings. The van der Waals surface area contributed by atoms with Crippen LogP contribution in [0, 0.1) is 5.41 Å². The van der Waals surface area contributed by atoms with Crippen molar-refractivity contribution in [3.8, 4) is 0 Å². The second-order valence-electron chi connectivity index (χ2n) is 8.23. The van der Waals surface area contributed by atoms with Crippen LogP contribution in [-0.2, 0) is 9.59 Å². The van der Waals surface area contributed by atoms with E-state index in [1.54, 1.807) is 39.0 Å². The van der Waals surface area contributed by atoms with E-state index in [0.29, 0.717) is 0 Å². The number of pyridine rings is 1. The van der Waals surface area contributed by atoms with Gasteiger partial charge in [0.2, 0.25) is 5.91 Å². The molecule has 30 heavy (non-hydrogen) atoms. The Hall–Kier alpha value is -2.85. The van der Waals surface area contributed by atoms with Crippen LogP contribution in [-0.4, -0.2) is 69.1 Å². The molecule has 1 aliphatic heterocycles. The first-order valence-electron chi connectivity index (χ1n) is 9.39. The molecule has 0 spiro atoms. The number of aromatic nitrogens is 1. The number of alkyl halides is 3. The van der Waals surface area contributed by atoms with Gasteiger partial charge in [0.15, 0.2) is 0 Å². The third kappa shape index (κ3) is 5.83. The fourth-order valence-corrected chi connectivity index (χ4v) is 3.58. The first kappa shape index (κ1) is 23.4. The van der Waals surface area contributed by atoms with Crippen LogP contribution in [0.4, 0.5) is 23.8 Å². The maximum absolute atomic E-state index is 13.0. The minimum atomic E-state index is -5.01. The minimum Gasteiger partial charge on any atom is -0.465 e. The highest BCUT2D eigenvalue weighted by Crippen LogP contribution is 2.36. The Morgan fingerprint density at radius 2 is 1.93 bits per heavy atom. The van der Waals surface area contributed by atoms with Crippen molar-refractivity contribution in [2.75, 3.05) is 18.4 Å². The maximum Gasteiger partial charge on any atom is 0.471 e. The number of piperidine rings is 1. The molecule has 2 atom stereocenters. The van der Waals surface area contributed by atoms with Gasteiger partial charge in [0.05, 0.1) is 0 Å². The molecule has 1 aliphatic rings. The highest BCUT2D eigenvalue weighted by atomic mass is 19.4. The van der Waals surface area contributed by atoms with Crippen LogP contribution in [0.25, 0.3) is 0 Å². The second kappa shape index (κ2) is 8.88. The molecule has 2 N–H and O–H groups in total. The Morgan fingerprint density at radius 1 is 1.27 bits per heavy atom. The van der Waals surface area contributed by atoms with Gasteiger partial charge >= 0.3 is 18.2 Å². The minimum absolute atomic E-state index is 0.00241. The van der Waals surface area contributed by atoms with Crippen LogP contribution in [0.2, 0.25) is 0 Å². The normalized spacial score (nSPS) is 19.9. The van der Waals surface area contributed by atoms with Crippen LogP contribution in [0.3, 0.4) is 0 Å². The van der Waals surface area contributed by atoms with Crippen LogP contribution in [0.15, 0.2) is 24.4 Å². The summed E-state index contributed by atoms with van der Waals surface area (Å²) in [6, 6.07) is 3.30. The number of rotatable bonds is 4. The summed E-state index contributed by atoms with van der Waals surface area (Å²) in [5, 5.41) is 12.1. The van der Waals surface area contributed by atoms with Crippen LogP contribution in [0.5, 0.6) is 0 Å². The Bertz CT molecular complexity index is 780. The number of hydrogen-bond acceptors (Lipinski definition) is 4. The number of nitrogens with zero attached hydrogens (tertiary/aromatic N) is 3. The molecule has 8 nitrogen and oxygen atoms in total. The van der Waals surface area contributed by atoms with Gasteiger partial charge in [-0.2, -0.15) is 13.2 Å². The maximum atomic E-state index is 13.0. The van der Waals surface area contributed by atoms with E-state index in [9.17, 15) is 32.7 Å². The third-order valence-corrected chi connectivity index (χ3v) is 5.01. The van der Waals surface area contributed by atoms with Crippen LogP contribution < -0.4 is 5.32 Å². The van der Waals surface area contributed by atoms with E-state index < -0.39 is 48.1 Å². The molecule has 0 aliphatic carbocycles. The monoisotopic (exact) mass is 430 g/mol. The van der Waals surface area contributed by atoms with Gasteiger partial charge in [0.1, 0.15) is 12.4 Å². The van der Waals surface area contributed by atoms with E-state index in [1.165, 1.54) is 6.20 Å². The Morgan fingerprint density at radius 3 is 2.43 bits per heavy atom. The van der Waals surface area contributed by atoms with E-state index in [0.717, 1.165) is 9.80 Å². The summed E-state index contributed by atoms with van der Waals surface area (Å²) >= 11 is 0. The molecule has 0 bridgehead atoms. The number of anilines is 1. The van der Waals surface area contributed by atoms with Crippen molar-refractivity contribution >= 4 is 23.7 Å². The van der Waals surface area contributed by atoms with E-state index >= 15 is 0 Å². The zero-order valence-corrected chi connectivity index (χ0v) is 16.9. The van der Waals surface area contributed by atoms with Crippen molar-refractivity contribution in [3.63, 3.8) is 0 Å². The van der Waals surface area contributed by atoms with Gasteiger partial charge in [0, 0.05) is 24.8 Å². The van der Waals surface area contributed by atoms with E-state index in [1.807, 2.05) is 0 Å². The zero-order valence-electron chi connectivity index (χ0n) is 16.9. The summed E-state index contributed by atoms with van der Waals surface area (Å²) in [6.07, 6.45) is -4.91. The van der Waals surface area contributed by atoms with Gasteiger partial charge in [-0.25, -0.2) is 9.78 Å². The summed E-state index contributed by atoms with van der Waals surface area (Å²) in [6.45, 7) is 4.32. The van der Waals surface area contributed by atoms with Crippen LogP contribution >= 0.6 is 0 Å². The number of amides is 3. The summed E-state index contributed by atoms with van der Waals surface area (Å²) in [5.74, 6) is -2.29. The second-order valence-corrected chi connectivity index (χ2v) is 8.23. The van der Waals surface area contributed by atoms with Crippen molar-refractivity contribution in [3.05, 3.63) is 24.4 Å². The first-order valence-corrected chi connectivity index (χ1v) is 9.39. The third-order valence-electron chi connectivity index (χ3n) is 5.01. The molecule has 2 heterocycles. The zero-order chi connectivity index (χ0) is 22.7. The van der Waals surface area contributed by atoms with Crippen molar-refractivity contribution < 1.29 is 32.7 Å².